The number of hydrogen-bond acceptors (Lipinski definition) is 4. The maximum atomic E-state index is 11.7. The van der Waals surface area contributed by atoms with E-state index in [2.05, 4.69) is 32.9 Å². The highest BCUT2D eigenvalue weighted by atomic mass is 16.5. The monoisotopic (exact) mass is 410 g/mol. The van der Waals surface area contributed by atoms with Crippen LogP contribution in [0.2, 0.25) is 0 Å². The van der Waals surface area contributed by atoms with Crippen LogP contribution in [0.15, 0.2) is 12.2 Å². The second-order valence-corrected chi connectivity index (χ2v) is 8.35. The van der Waals surface area contributed by atoms with Crippen molar-refractivity contribution < 1.29 is 19.1 Å². The summed E-state index contributed by atoms with van der Waals surface area (Å²) < 4.78 is 10.5. The van der Waals surface area contributed by atoms with Crippen molar-refractivity contribution in [2.75, 3.05) is 13.2 Å². The van der Waals surface area contributed by atoms with Crippen LogP contribution in [0.5, 0.6) is 0 Å². The zero-order valence-electron chi connectivity index (χ0n) is 19.4. The van der Waals surface area contributed by atoms with E-state index in [0.29, 0.717) is 32.0 Å². The summed E-state index contributed by atoms with van der Waals surface area (Å²) in [6.07, 6.45) is 19.2. The summed E-state index contributed by atoms with van der Waals surface area (Å²) in [5, 5.41) is 0. The van der Waals surface area contributed by atoms with Crippen molar-refractivity contribution in [1.29, 1.82) is 0 Å². The molecular formula is C25H46O4. The van der Waals surface area contributed by atoms with Crippen LogP contribution in [0.4, 0.5) is 0 Å². The highest BCUT2D eigenvalue weighted by Crippen LogP contribution is 2.10. The fourth-order valence-electron chi connectivity index (χ4n) is 3.06. The standard InChI is InChI=1S/C25H46O4/c1-4-5-6-7-10-13-16-21-28-24(26)19-14-11-8-9-12-15-20-25(27)29-22-17-18-23(2)3/h10,13,23H,4-9,11-12,14-22H2,1-3H3/b13-10-. The predicted octanol–water partition coefficient (Wildman–Crippen LogP) is 7.16. The zero-order chi connectivity index (χ0) is 21.6. The first-order valence-electron chi connectivity index (χ1n) is 12.0. The van der Waals surface area contributed by atoms with Gasteiger partial charge in [-0.15, -0.1) is 0 Å². The van der Waals surface area contributed by atoms with Crippen molar-refractivity contribution in [2.45, 2.75) is 117 Å². The average Bonchev–Trinajstić information content (AvgIpc) is 2.69. The molecule has 0 radical (unpaired) electrons. The summed E-state index contributed by atoms with van der Waals surface area (Å²) >= 11 is 0. The Morgan fingerprint density at radius 2 is 1.24 bits per heavy atom. The second-order valence-electron chi connectivity index (χ2n) is 8.35. The SMILES string of the molecule is CCCCC/C=C\CCOC(=O)CCCCCCCCC(=O)OCCCC(C)C. The van der Waals surface area contributed by atoms with Gasteiger partial charge in [-0.2, -0.15) is 0 Å². The van der Waals surface area contributed by atoms with E-state index < -0.39 is 0 Å². The van der Waals surface area contributed by atoms with Gasteiger partial charge in [-0.25, -0.2) is 0 Å². The Hall–Kier alpha value is -1.32. The molecule has 0 amide bonds. The first-order chi connectivity index (χ1) is 14.1. The molecule has 4 heteroatoms. The molecule has 0 spiro atoms. The number of carbonyl (C=O) groups excluding carboxylic acids is 2. The van der Waals surface area contributed by atoms with Gasteiger partial charge in [-0.1, -0.05) is 71.4 Å². The van der Waals surface area contributed by atoms with Crippen molar-refractivity contribution in [3.63, 3.8) is 0 Å². The minimum atomic E-state index is -0.0791. The second kappa shape index (κ2) is 21.4. The van der Waals surface area contributed by atoms with Crippen LogP contribution in [-0.2, 0) is 19.1 Å². The average molecular weight is 411 g/mol. The minimum absolute atomic E-state index is 0.0627. The Morgan fingerprint density at radius 3 is 1.83 bits per heavy atom. The van der Waals surface area contributed by atoms with Gasteiger partial charge in [0.2, 0.25) is 0 Å². The third-order valence-corrected chi connectivity index (χ3v) is 4.89. The highest BCUT2D eigenvalue weighted by molar-refractivity contribution is 5.69. The fraction of sp³-hybridized carbons (Fsp3) is 0.840. The first kappa shape index (κ1) is 27.7. The molecule has 0 heterocycles. The number of unbranched alkanes of at least 4 members (excludes halogenated alkanes) is 8. The van der Waals surface area contributed by atoms with Crippen LogP contribution in [-0.4, -0.2) is 25.2 Å². The van der Waals surface area contributed by atoms with Crippen molar-refractivity contribution in [3.8, 4) is 0 Å². The fourth-order valence-corrected chi connectivity index (χ4v) is 3.06. The van der Waals surface area contributed by atoms with Gasteiger partial charge in [0, 0.05) is 12.8 Å². The molecule has 0 aliphatic rings. The highest BCUT2D eigenvalue weighted by Gasteiger charge is 2.04. The quantitative estimate of drug-likeness (QED) is 0.121. The summed E-state index contributed by atoms with van der Waals surface area (Å²) in [5.74, 6) is 0.523. The molecule has 0 aromatic rings. The van der Waals surface area contributed by atoms with Crippen LogP contribution < -0.4 is 0 Å². The van der Waals surface area contributed by atoms with Gasteiger partial charge in [0.05, 0.1) is 13.2 Å². The predicted molar refractivity (Wildman–Crippen MR) is 121 cm³/mol. The van der Waals surface area contributed by atoms with Crippen LogP contribution in [0.3, 0.4) is 0 Å². The van der Waals surface area contributed by atoms with Crippen molar-refractivity contribution in [1.82, 2.24) is 0 Å². The van der Waals surface area contributed by atoms with E-state index in [0.717, 1.165) is 64.2 Å². The van der Waals surface area contributed by atoms with Crippen molar-refractivity contribution in [2.24, 2.45) is 5.92 Å². The Kier molecular flexibility index (Phi) is 20.4. The van der Waals surface area contributed by atoms with Crippen LogP contribution >= 0.6 is 0 Å². The van der Waals surface area contributed by atoms with Gasteiger partial charge in [0.15, 0.2) is 0 Å². The smallest absolute Gasteiger partial charge is 0.305 e. The van der Waals surface area contributed by atoms with Crippen LogP contribution in [0.25, 0.3) is 0 Å². The molecule has 0 rings (SSSR count). The van der Waals surface area contributed by atoms with Crippen LogP contribution in [0, 0.1) is 5.92 Å². The molecule has 29 heavy (non-hydrogen) atoms. The first-order valence-corrected chi connectivity index (χ1v) is 12.0. The number of hydrogen-bond donors (Lipinski definition) is 0. The third-order valence-electron chi connectivity index (χ3n) is 4.89. The normalized spacial score (nSPS) is 11.3. The summed E-state index contributed by atoms with van der Waals surface area (Å²) in [6.45, 7) is 7.62. The molecule has 0 fully saturated rings. The van der Waals surface area contributed by atoms with Gasteiger partial charge >= 0.3 is 11.9 Å². The molecule has 0 saturated carbocycles. The molecule has 0 N–H and O–H groups in total. The summed E-state index contributed by atoms with van der Waals surface area (Å²) in [5.41, 5.74) is 0. The van der Waals surface area contributed by atoms with Gasteiger partial charge in [-0.05, 0) is 50.9 Å². The zero-order valence-corrected chi connectivity index (χ0v) is 19.4. The Bertz CT molecular complexity index is 415. The lowest BCUT2D eigenvalue weighted by molar-refractivity contribution is -0.144. The van der Waals surface area contributed by atoms with Gasteiger partial charge in [0.25, 0.3) is 0 Å². The minimum Gasteiger partial charge on any atom is -0.466 e. The summed E-state index contributed by atoms with van der Waals surface area (Å²) in [7, 11) is 0. The van der Waals surface area contributed by atoms with E-state index in [1.54, 1.807) is 0 Å². The maximum Gasteiger partial charge on any atom is 0.305 e. The Balaban J connectivity index is 3.33. The molecule has 0 aliphatic carbocycles. The number of rotatable bonds is 20. The van der Waals surface area contributed by atoms with Gasteiger partial charge < -0.3 is 9.47 Å². The molecule has 0 bridgehead atoms. The molecule has 4 nitrogen and oxygen atoms in total. The maximum absolute atomic E-state index is 11.7. The van der Waals surface area contributed by atoms with Crippen LogP contribution in [0.1, 0.15) is 117 Å². The number of allylic oxidation sites excluding steroid dienone is 1. The van der Waals surface area contributed by atoms with Crippen molar-refractivity contribution in [3.05, 3.63) is 12.2 Å². The number of esters is 2. The third kappa shape index (κ3) is 22.8. The van der Waals surface area contributed by atoms with E-state index >= 15 is 0 Å². The van der Waals surface area contributed by atoms with E-state index in [4.69, 9.17) is 9.47 Å². The summed E-state index contributed by atoms with van der Waals surface area (Å²) in [6, 6.07) is 0. The topological polar surface area (TPSA) is 52.6 Å². The Labute approximate surface area is 179 Å². The lowest BCUT2D eigenvalue weighted by Crippen LogP contribution is -2.06. The Morgan fingerprint density at radius 1 is 0.690 bits per heavy atom. The van der Waals surface area contributed by atoms with E-state index in [-0.39, 0.29) is 11.9 Å². The molecule has 0 aromatic heterocycles. The molecule has 0 aromatic carbocycles. The molecule has 170 valence electrons. The van der Waals surface area contributed by atoms with E-state index in [1.165, 1.54) is 19.3 Å². The van der Waals surface area contributed by atoms with Gasteiger partial charge in [-0.3, -0.25) is 9.59 Å². The molecule has 0 atom stereocenters. The lowest BCUT2D eigenvalue weighted by atomic mass is 10.1. The molecular weight excluding hydrogens is 364 g/mol. The van der Waals surface area contributed by atoms with Gasteiger partial charge in [0.1, 0.15) is 0 Å². The van der Waals surface area contributed by atoms with Crippen molar-refractivity contribution >= 4 is 11.9 Å². The lowest BCUT2D eigenvalue weighted by Gasteiger charge is -2.06. The van der Waals surface area contributed by atoms with E-state index in [9.17, 15) is 9.59 Å². The largest absolute Gasteiger partial charge is 0.466 e. The molecule has 0 aliphatic heterocycles. The number of ether oxygens (including phenoxy) is 2. The molecule has 0 unspecified atom stereocenters. The molecule has 0 saturated heterocycles. The summed E-state index contributed by atoms with van der Waals surface area (Å²) in [4.78, 5) is 23.3. The number of carbonyl (C=O) groups is 2. The van der Waals surface area contributed by atoms with E-state index in [1.807, 2.05) is 0 Å².